The van der Waals surface area contributed by atoms with Gasteiger partial charge in [0.05, 0.1) is 0 Å². The van der Waals surface area contributed by atoms with E-state index in [4.69, 9.17) is 0 Å². The highest BCUT2D eigenvalue weighted by atomic mass is 14.9. The molecule has 0 atom stereocenters. The molecule has 0 aromatic carbocycles. The van der Waals surface area contributed by atoms with Crippen molar-refractivity contribution in [2.45, 2.75) is 6.92 Å². The van der Waals surface area contributed by atoms with Gasteiger partial charge in [-0.15, -0.1) is 0 Å². The lowest BCUT2D eigenvalue weighted by Crippen LogP contribution is -2.24. The van der Waals surface area contributed by atoms with E-state index in [0.717, 1.165) is 11.4 Å². The van der Waals surface area contributed by atoms with Gasteiger partial charge in [-0.3, -0.25) is 4.98 Å². The van der Waals surface area contributed by atoms with Crippen LogP contribution in [0, 0.1) is 6.92 Å². The molecule has 0 bridgehead atoms. The van der Waals surface area contributed by atoms with Crippen LogP contribution in [0.1, 0.15) is 5.82 Å². The first-order chi connectivity index (χ1) is 3.70. The predicted octanol–water partition coefficient (Wildman–Crippen LogP) is -2.77. The summed E-state index contributed by atoms with van der Waals surface area (Å²) in [6.45, 7) is 1.96. The number of rotatable bonds is 0. The molecule has 1 heterocycles. The molecule has 0 aliphatic carbocycles. The summed E-state index contributed by atoms with van der Waals surface area (Å²) in [4.78, 5) is 7.25. The maximum atomic E-state index is 4.16. The minimum Gasteiger partial charge on any atom is -0.356 e. The third-order valence-electron chi connectivity index (χ3n) is 1.25. The molecule has 0 fully saturated rings. The lowest BCUT2D eigenvalue weighted by atomic mass is 9.92. The first kappa shape index (κ1) is 5.48. The molecule has 4 heteroatoms. The Morgan fingerprint density at radius 3 is 2.25 bits per heavy atom. The summed E-state index contributed by atoms with van der Waals surface area (Å²) in [5.74, 6) is 1.00. The van der Waals surface area contributed by atoms with Crippen molar-refractivity contribution in [3.05, 3.63) is 5.82 Å². The fraction of sp³-hybridized carbons (Fsp3) is 0.250. The quantitative estimate of drug-likeness (QED) is 0.356. The summed E-state index contributed by atoms with van der Waals surface area (Å²) in [7, 11) is 4.02. The molecular formula is C4H8B2N2. The largest absolute Gasteiger partial charge is 0.356 e. The summed E-state index contributed by atoms with van der Waals surface area (Å²) in [5, 5.41) is 0. The second-order valence-corrected chi connectivity index (χ2v) is 2.03. The Hall–Kier alpha value is -0.660. The lowest BCUT2D eigenvalue weighted by Gasteiger charge is -1.79. The third-order valence-corrected chi connectivity index (χ3v) is 1.25. The van der Waals surface area contributed by atoms with Gasteiger partial charge in [-0.05, 0) is 12.5 Å². The lowest BCUT2D eigenvalue weighted by molar-refractivity contribution is 1.17. The zero-order valence-electron chi connectivity index (χ0n) is 5.45. The molecule has 0 saturated carbocycles. The number of nitrogens with zero attached hydrogens (tertiary/aromatic N) is 1. The molecule has 0 radical (unpaired) electrons. The van der Waals surface area contributed by atoms with Crippen LogP contribution in [0.4, 0.5) is 0 Å². The highest BCUT2D eigenvalue weighted by Gasteiger charge is 1.93. The zero-order valence-corrected chi connectivity index (χ0v) is 5.45. The molecule has 0 unspecified atom stereocenters. The minimum absolute atomic E-state index is 1.00. The Morgan fingerprint density at radius 2 is 2.12 bits per heavy atom. The molecule has 0 aliphatic rings. The van der Waals surface area contributed by atoms with Crippen LogP contribution in [0.3, 0.4) is 0 Å². The van der Waals surface area contributed by atoms with Gasteiger partial charge in [-0.2, -0.15) is 0 Å². The van der Waals surface area contributed by atoms with Crippen molar-refractivity contribution in [2.24, 2.45) is 0 Å². The molecule has 2 nitrogen and oxygen atoms in total. The van der Waals surface area contributed by atoms with Crippen molar-refractivity contribution in [2.75, 3.05) is 0 Å². The number of aromatic nitrogens is 2. The van der Waals surface area contributed by atoms with Crippen molar-refractivity contribution >= 4 is 26.9 Å². The number of imidazole rings is 1. The Balaban J connectivity index is 3.14. The molecular weight excluding hydrogens is 97.7 g/mol. The van der Waals surface area contributed by atoms with Gasteiger partial charge in [-0.1, -0.05) is 0 Å². The topological polar surface area (TPSA) is 28.7 Å². The minimum atomic E-state index is 1.00. The Bertz CT molecular complexity index is 174. The molecule has 1 aromatic heterocycles. The van der Waals surface area contributed by atoms with Gasteiger partial charge < -0.3 is 4.98 Å². The van der Waals surface area contributed by atoms with Crippen molar-refractivity contribution < 1.29 is 0 Å². The van der Waals surface area contributed by atoms with E-state index >= 15 is 0 Å². The van der Waals surface area contributed by atoms with Crippen LogP contribution < -0.4 is 11.2 Å². The molecule has 1 aromatic rings. The van der Waals surface area contributed by atoms with E-state index in [-0.39, 0.29) is 0 Å². The van der Waals surface area contributed by atoms with Crippen LogP contribution in [0.5, 0.6) is 0 Å². The molecule has 0 aliphatic heterocycles. The first-order valence-electron chi connectivity index (χ1n) is 2.70. The summed E-state index contributed by atoms with van der Waals surface area (Å²) in [6.07, 6.45) is 0. The summed E-state index contributed by atoms with van der Waals surface area (Å²) < 4.78 is 0. The molecule has 1 N–H and O–H groups in total. The number of hydrogen-bond donors (Lipinski definition) is 1. The molecule has 8 heavy (non-hydrogen) atoms. The van der Waals surface area contributed by atoms with Crippen molar-refractivity contribution in [1.29, 1.82) is 0 Å². The van der Waals surface area contributed by atoms with E-state index in [1.807, 2.05) is 22.6 Å². The van der Waals surface area contributed by atoms with Crippen LogP contribution in [-0.4, -0.2) is 25.7 Å². The first-order valence-corrected chi connectivity index (χ1v) is 2.70. The number of hydrogen-bond acceptors (Lipinski definition) is 1. The molecule has 40 valence electrons. The van der Waals surface area contributed by atoms with E-state index in [1.54, 1.807) is 0 Å². The van der Waals surface area contributed by atoms with Crippen LogP contribution in [-0.2, 0) is 0 Å². The van der Waals surface area contributed by atoms with Crippen molar-refractivity contribution in [1.82, 2.24) is 9.97 Å². The van der Waals surface area contributed by atoms with Crippen LogP contribution in [0.15, 0.2) is 0 Å². The predicted molar refractivity (Wildman–Crippen MR) is 39.7 cm³/mol. The summed E-state index contributed by atoms with van der Waals surface area (Å²) in [6, 6.07) is 0. The smallest absolute Gasteiger partial charge is 0.165 e. The number of H-pyrrole nitrogens is 1. The Kier molecular flexibility index (Phi) is 1.16. The average molecular weight is 106 g/mol. The second-order valence-electron chi connectivity index (χ2n) is 2.03. The van der Waals surface area contributed by atoms with E-state index in [0.29, 0.717) is 0 Å². The average Bonchev–Trinajstić information content (AvgIpc) is 1.85. The highest BCUT2D eigenvalue weighted by Crippen LogP contribution is 1.73. The monoisotopic (exact) mass is 106 g/mol. The Morgan fingerprint density at radius 1 is 1.50 bits per heavy atom. The summed E-state index contributed by atoms with van der Waals surface area (Å²) in [5.41, 5.74) is 2.27. The fourth-order valence-corrected chi connectivity index (χ4v) is 0.725. The van der Waals surface area contributed by atoms with Gasteiger partial charge in [0, 0.05) is 5.59 Å². The third kappa shape index (κ3) is 0.782. The number of aromatic amines is 1. The van der Waals surface area contributed by atoms with Gasteiger partial charge in [0.25, 0.3) is 0 Å². The standard InChI is InChI=1S/C4H8B2N2/c1-2-7-3(5)4(6)8-2/h5-6H2,1H3,(H,7,8). The highest BCUT2D eigenvalue weighted by molar-refractivity contribution is 6.46. The van der Waals surface area contributed by atoms with Gasteiger partial charge in [0.1, 0.15) is 5.82 Å². The number of aryl methyl sites for hydroxylation is 1. The maximum Gasteiger partial charge on any atom is 0.165 e. The maximum absolute atomic E-state index is 4.16. The van der Waals surface area contributed by atoms with Crippen molar-refractivity contribution in [3.8, 4) is 0 Å². The van der Waals surface area contributed by atoms with Crippen LogP contribution in [0.25, 0.3) is 0 Å². The van der Waals surface area contributed by atoms with Gasteiger partial charge in [0.15, 0.2) is 15.7 Å². The van der Waals surface area contributed by atoms with Crippen LogP contribution >= 0.6 is 0 Å². The van der Waals surface area contributed by atoms with Crippen molar-refractivity contribution in [3.63, 3.8) is 0 Å². The van der Waals surface area contributed by atoms with E-state index in [1.165, 1.54) is 5.59 Å². The van der Waals surface area contributed by atoms with E-state index in [2.05, 4.69) is 9.97 Å². The van der Waals surface area contributed by atoms with E-state index < -0.39 is 0 Å². The molecule has 0 saturated heterocycles. The Labute approximate surface area is 50.5 Å². The van der Waals surface area contributed by atoms with Gasteiger partial charge in [0.2, 0.25) is 0 Å². The van der Waals surface area contributed by atoms with E-state index in [9.17, 15) is 0 Å². The van der Waals surface area contributed by atoms with Gasteiger partial charge >= 0.3 is 0 Å². The molecule has 1 rings (SSSR count). The fourth-order valence-electron chi connectivity index (χ4n) is 0.725. The second kappa shape index (κ2) is 1.69. The SMILES string of the molecule is Bc1nc(C)[nH]c1B. The number of nitrogens with one attached hydrogen (secondary N) is 1. The van der Waals surface area contributed by atoms with Crippen LogP contribution in [0.2, 0.25) is 0 Å². The normalized spacial score (nSPS) is 9.62. The molecule has 0 amide bonds. The summed E-state index contributed by atoms with van der Waals surface area (Å²) >= 11 is 0. The zero-order chi connectivity index (χ0) is 6.15. The molecule has 0 spiro atoms. The van der Waals surface area contributed by atoms with Gasteiger partial charge in [-0.25, -0.2) is 0 Å².